The quantitative estimate of drug-likeness (QED) is 0.722. The molecule has 0 radical (unpaired) electrons. The van der Waals surface area contributed by atoms with Gasteiger partial charge in [0.25, 0.3) is 0 Å². The van der Waals surface area contributed by atoms with Crippen LogP contribution in [0, 0.1) is 5.82 Å². The van der Waals surface area contributed by atoms with Crippen molar-refractivity contribution < 1.29 is 9.18 Å². The van der Waals surface area contributed by atoms with Gasteiger partial charge in [0, 0.05) is 13.6 Å². The van der Waals surface area contributed by atoms with E-state index >= 15 is 0 Å². The highest BCUT2D eigenvalue weighted by Crippen LogP contribution is 2.31. The maximum atomic E-state index is 13.3. The predicted octanol–water partition coefficient (Wildman–Crippen LogP) is 3.46. The second kappa shape index (κ2) is 8.62. The fraction of sp³-hybridized carbons (Fsp3) is 0.556. The van der Waals surface area contributed by atoms with Gasteiger partial charge in [-0.3, -0.25) is 4.79 Å². The molecule has 3 rings (SSSR count). The Hall–Kier alpha value is -1.96. The number of halogens is 1. The smallest absolute Gasteiger partial charge is 0.235 e. The maximum absolute atomic E-state index is 13.3. The van der Waals surface area contributed by atoms with Crippen LogP contribution >= 0.6 is 11.8 Å². The second-order valence-corrected chi connectivity index (χ2v) is 8.09. The van der Waals surface area contributed by atoms with Crippen molar-refractivity contribution in [1.82, 2.24) is 25.1 Å². The van der Waals surface area contributed by atoms with E-state index in [0.29, 0.717) is 17.7 Å². The molecule has 1 aromatic heterocycles. The Kier molecular flexibility index (Phi) is 6.24. The first-order valence-corrected chi connectivity index (χ1v) is 9.86. The highest BCUT2D eigenvalue weighted by atomic mass is 32.2. The molecule has 0 aliphatic heterocycles. The number of hydrogen-bond acceptors (Lipinski definition) is 5. The van der Waals surface area contributed by atoms with Gasteiger partial charge in [-0.2, -0.15) is 0 Å². The zero-order valence-corrected chi connectivity index (χ0v) is 16.0. The van der Waals surface area contributed by atoms with E-state index in [9.17, 15) is 9.18 Å². The molecule has 2 aromatic rings. The lowest BCUT2D eigenvalue weighted by molar-refractivity contribution is -0.129. The van der Waals surface area contributed by atoms with E-state index in [2.05, 4.69) is 15.5 Å². The van der Waals surface area contributed by atoms with E-state index in [1.165, 1.54) is 43.2 Å². The van der Waals surface area contributed by atoms with Gasteiger partial charge in [0.05, 0.1) is 11.3 Å². The number of thioether (sulfide) groups is 1. The van der Waals surface area contributed by atoms with E-state index < -0.39 is 0 Å². The van der Waals surface area contributed by atoms with Crippen LogP contribution in [0.1, 0.15) is 50.6 Å². The molecule has 8 heteroatoms. The van der Waals surface area contributed by atoms with Crippen LogP contribution in [0.2, 0.25) is 0 Å². The van der Waals surface area contributed by atoms with E-state index in [1.54, 1.807) is 18.0 Å². The largest absolute Gasteiger partial charge is 0.340 e. The van der Waals surface area contributed by atoms with E-state index in [1.807, 2.05) is 17.7 Å². The molecule has 1 fully saturated rings. The van der Waals surface area contributed by atoms with Gasteiger partial charge in [-0.05, 0) is 47.9 Å². The number of hydrogen-bond donors (Lipinski definition) is 0. The van der Waals surface area contributed by atoms with Crippen LogP contribution in [0.25, 0.3) is 0 Å². The van der Waals surface area contributed by atoms with Crippen molar-refractivity contribution in [2.45, 2.75) is 62.0 Å². The number of tetrazole rings is 1. The van der Waals surface area contributed by atoms with Crippen LogP contribution in [0.4, 0.5) is 4.39 Å². The summed E-state index contributed by atoms with van der Waals surface area (Å²) in [5.74, 6) is -0.324. The zero-order chi connectivity index (χ0) is 18.5. The highest BCUT2D eigenvalue weighted by Gasteiger charge is 2.25. The second-order valence-electron chi connectivity index (χ2n) is 6.78. The molecular weight excluding hydrogens is 353 g/mol. The Bertz CT molecular complexity index is 747. The lowest BCUT2D eigenvalue weighted by Gasteiger charge is -2.24. The van der Waals surface area contributed by atoms with Gasteiger partial charge in [-0.1, -0.05) is 43.2 Å². The molecule has 6 nitrogen and oxygen atoms in total. The number of rotatable bonds is 6. The lowest BCUT2D eigenvalue weighted by Crippen LogP contribution is -2.33. The Balaban J connectivity index is 1.61. The summed E-state index contributed by atoms with van der Waals surface area (Å²) in [5, 5.41) is 12.4. The summed E-state index contributed by atoms with van der Waals surface area (Å²) in [6.45, 7) is 2.23. The Labute approximate surface area is 157 Å². The van der Waals surface area contributed by atoms with Crippen molar-refractivity contribution in [3.8, 4) is 0 Å². The molecule has 0 saturated heterocycles. The molecule has 1 heterocycles. The minimum atomic E-state index is -0.318. The summed E-state index contributed by atoms with van der Waals surface area (Å²) >= 11 is 1.38. The first-order valence-electron chi connectivity index (χ1n) is 8.98. The van der Waals surface area contributed by atoms with Crippen molar-refractivity contribution in [3.05, 3.63) is 35.6 Å². The summed E-state index contributed by atoms with van der Waals surface area (Å²) in [4.78, 5) is 14.3. The fourth-order valence-corrected chi connectivity index (χ4v) is 4.30. The molecule has 1 amide bonds. The topological polar surface area (TPSA) is 63.9 Å². The maximum Gasteiger partial charge on any atom is 0.235 e. The summed E-state index contributed by atoms with van der Waals surface area (Å²) < 4.78 is 15.2. The van der Waals surface area contributed by atoms with Crippen molar-refractivity contribution >= 4 is 17.7 Å². The number of nitrogens with zero attached hydrogens (tertiary/aromatic N) is 5. The monoisotopic (exact) mass is 377 g/mol. The number of carbonyl (C=O) groups excluding carboxylic acids is 1. The summed E-state index contributed by atoms with van der Waals surface area (Å²) in [6.07, 6.45) is 5.82. The average Bonchev–Trinajstić information content (AvgIpc) is 3.09. The SMILES string of the molecule is C[C@@H](Sc1nnnn1C1CCCCC1)C(=O)N(C)Cc1cccc(F)c1. The van der Waals surface area contributed by atoms with Gasteiger partial charge in [-0.15, -0.1) is 5.10 Å². The van der Waals surface area contributed by atoms with Crippen LogP contribution in [-0.4, -0.2) is 43.3 Å². The van der Waals surface area contributed by atoms with E-state index in [-0.39, 0.29) is 17.0 Å². The summed E-state index contributed by atoms with van der Waals surface area (Å²) in [6, 6.07) is 6.64. The summed E-state index contributed by atoms with van der Waals surface area (Å²) in [5.41, 5.74) is 0.769. The van der Waals surface area contributed by atoms with Gasteiger partial charge < -0.3 is 4.90 Å². The minimum Gasteiger partial charge on any atom is -0.340 e. The summed E-state index contributed by atoms with van der Waals surface area (Å²) in [7, 11) is 1.73. The number of amides is 1. The Morgan fingerprint density at radius 3 is 2.88 bits per heavy atom. The van der Waals surface area contributed by atoms with Crippen molar-refractivity contribution in [3.63, 3.8) is 0 Å². The zero-order valence-electron chi connectivity index (χ0n) is 15.1. The van der Waals surface area contributed by atoms with Crippen LogP contribution < -0.4 is 0 Å². The molecule has 1 aliphatic carbocycles. The molecule has 140 valence electrons. The van der Waals surface area contributed by atoms with Crippen LogP contribution in [-0.2, 0) is 11.3 Å². The van der Waals surface area contributed by atoms with Gasteiger partial charge >= 0.3 is 0 Å². The van der Waals surface area contributed by atoms with Gasteiger partial charge in [0.2, 0.25) is 11.1 Å². The number of carbonyl (C=O) groups is 1. The van der Waals surface area contributed by atoms with Gasteiger partial charge in [0.1, 0.15) is 5.82 Å². The Morgan fingerprint density at radius 1 is 1.38 bits per heavy atom. The fourth-order valence-electron chi connectivity index (χ4n) is 3.32. The van der Waals surface area contributed by atoms with Crippen LogP contribution in [0.15, 0.2) is 29.4 Å². The molecule has 0 bridgehead atoms. The van der Waals surface area contributed by atoms with E-state index in [0.717, 1.165) is 18.4 Å². The normalized spacial score (nSPS) is 16.4. The van der Waals surface area contributed by atoms with Crippen LogP contribution in [0.3, 0.4) is 0 Å². The van der Waals surface area contributed by atoms with Gasteiger partial charge in [-0.25, -0.2) is 9.07 Å². The van der Waals surface area contributed by atoms with Crippen molar-refractivity contribution in [2.24, 2.45) is 0 Å². The third-order valence-electron chi connectivity index (χ3n) is 4.70. The standard InChI is InChI=1S/C18H24FN5OS/c1-13(17(25)23(2)12-14-7-6-8-15(19)11-14)26-18-20-21-22-24(18)16-9-4-3-5-10-16/h6-8,11,13,16H,3-5,9-10,12H2,1-2H3/t13-/m1/s1. The molecule has 0 unspecified atom stereocenters. The molecule has 1 atom stereocenters. The molecule has 0 spiro atoms. The van der Waals surface area contributed by atoms with Crippen molar-refractivity contribution in [2.75, 3.05) is 7.05 Å². The van der Waals surface area contributed by atoms with Gasteiger partial charge in [0.15, 0.2) is 0 Å². The number of benzene rings is 1. The molecule has 0 N–H and O–H groups in total. The average molecular weight is 377 g/mol. The van der Waals surface area contributed by atoms with Crippen molar-refractivity contribution in [1.29, 1.82) is 0 Å². The first kappa shape index (κ1) is 18.8. The predicted molar refractivity (Wildman–Crippen MR) is 98.1 cm³/mol. The molecular formula is C18H24FN5OS. The molecule has 1 aliphatic rings. The third kappa shape index (κ3) is 4.60. The van der Waals surface area contributed by atoms with E-state index in [4.69, 9.17) is 0 Å². The third-order valence-corrected chi connectivity index (χ3v) is 5.73. The molecule has 1 saturated carbocycles. The lowest BCUT2D eigenvalue weighted by atomic mass is 9.96. The number of aromatic nitrogens is 4. The molecule has 1 aromatic carbocycles. The molecule has 26 heavy (non-hydrogen) atoms. The van der Waals surface area contributed by atoms with Crippen LogP contribution in [0.5, 0.6) is 0 Å². The highest BCUT2D eigenvalue weighted by molar-refractivity contribution is 8.00. The first-order chi connectivity index (χ1) is 12.5. The minimum absolute atomic E-state index is 0.0301. The Morgan fingerprint density at radius 2 is 2.15 bits per heavy atom.